The minimum atomic E-state index is -0.0587. The predicted octanol–water partition coefficient (Wildman–Crippen LogP) is 2.78. The van der Waals surface area contributed by atoms with Gasteiger partial charge in [0.05, 0.1) is 19.3 Å². The fourth-order valence-corrected chi connectivity index (χ4v) is 4.25. The molecule has 2 heterocycles. The molecule has 3 rings (SSSR count). The standard InChI is InChI=1S/C18H27N3O2S/c1-14(19-18(22)20-16-6-12-24-13-7-16)15-2-4-17(5-3-15)21-8-10-23-11-9-21/h2-5,14,16H,6-13H2,1H3,(H2,19,20,22). The van der Waals surface area contributed by atoms with E-state index in [-0.39, 0.29) is 12.1 Å². The molecule has 132 valence electrons. The molecule has 0 radical (unpaired) electrons. The lowest BCUT2D eigenvalue weighted by molar-refractivity contribution is 0.122. The van der Waals surface area contributed by atoms with Gasteiger partial charge in [-0.25, -0.2) is 4.79 Å². The number of carbonyl (C=O) groups is 1. The molecule has 0 spiro atoms. The Balaban J connectivity index is 1.50. The highest BCUT2D eigenvalue weighted by atomic mass is 32.2. The molecule has 1 unspecified atom stereocenters. The highest BCUT2D eigenvalue weighted by Crippen LogP contribution is 2.20. The smallest absolute Gasteiger partial charge is 0.315 e. The summed E-state index contributed by atoms with van der Waals surface area (Å²) in [6.45, 7) is 5.49. The molecule has 1 aromatic rings. The van der Waals surface area contributed by atoms with Gasteiger partial charge in [-0.2, -0.15) is 11.8 Å². The topological polar surface area (TPSA) is 53.6 Å². The second-order valence-electron chi connectivity index (χ2n) is 6.42. The highest BCUT2D eigenvalue weighted by Gasteiger charge is 2.17. The van der Waals surface area contributed by atoms with Crippen LogP contribution in [0.25, 0.3) is 0 Å². The number of nitrogens with one attached hydrogen (secondary N) is 2. The van der Waals surface area contributed by atoms with Crippen LogP contribution in [-0.2, 0) is 4.74 Å². The van der Waals surface area contributed by atoms with Crippen LogP contribution in [0, 0.1) is 0 Å². The molecule has 1 aromatic carbocycles. The molecule has 0 aliphatic carbocycles. The summed E-state index contributed by atoms with van der Waals surface area (Å²) < 4.78 is 5.39. The molecular weight excluding hydrogens is 322 g/mol. The molecule has 2 aliphatic heterocycles. The van der Waals surface area contributed by atoms with Crippen LogP contribution in [0.5, 0.6) is 0 Å². The molecule has 24 heavy (non-hydrogen) atoms. The highest BCUT2D eigenvalue weighted by molar-refractivity contribution is 7.99. The first-order valence-corrected chi connectivity index (χ1v) is 9.95. The number of rotatable bonds is 4. The lowest BCUT2D eigenvalue weighted by atomic mass is 10.1. The van der Waals surface area contributed by atoms with Gasteiger partial charge >= 0.3 is 6.03 Å². The van der Waals surface area contributed by atoms with Gasteiger partial charge in [0.15, 0.2) is 0 Å². The van der Waals surface area contributed by atoms with Gasteiger partial charge in [-0.15, -0.1) is 0 Å². The Morgan fingerprint density at radius 3 is 2.54 bits per heavy atom. The molecule has 1 atom stereocenters. The number of thioether (sulfide) groups is 1. The summed E-state index contributed by atoms with van der Waals surface area (Å²) in [7, 11) is 0. The zero-order valence-corrected chi connectivity index (χ0v) is 15.1. The van der Waals surface area contributed by atoms with Crippen molar-refractivity contribution in [2.45, 2.75) is 31.8 Å². The van der Waals surface area contributed by atoms with Crippen molar-refractivity contribution in [3.8, 4) is 0 Å². The number of hydrogen-bond donors (Lipinski definition) is 2. The Labute approximate surface area is 148 Å². The van der Waals surface area contributed by atoms with Crippen LogP contribution >= 0.6 is 11.8 Å². The third kappa shape index (κ3) is 4.80. The Hall–Kier alpha value is -1.40. The van der Waals surface area contributed by atoms with Crippen LogP contribution in [0.1, 0.15) is 31.4 Å². The first-order valence-electron chi connectivity index (χ1n) is 8.80. The van der Waals surface area contributed by atoms with E-state index in [4.69, 9.17) is 4.74 Å². The number of morpholine rings is 1. The van der Waals surface area contributed by atoms with Crippen molar-refractivity contribution < 1.29 is 9.53 Å². The lowest BCUT2D eigenvalue weighted by Gasteiger charge is -2.29. The third-order valence-corrected chi connectivity index (χ3v) is 5.72. The zero-order chi connectivity index (χ0) is 16.8. The summed E-state index contributed by atoms with van der Waals surface area (Å²) in [6.07, 6.45) is 2.14. The van der Waals surface area contributed by atoms with Crippen LogP contribution in [0.15, 0.2) is 24.3 Å². The van der Waals surface area contributed by atoms with Crippen LogP contribution in [0.4, 0.5) is 10.5 Å². The molecule has 5 nitrogen and oxygen atoms in total. The van der Waals surface area contributed by atoms with Crippen molar-refractivity contribution in [1.29, 1.82) is 0 Å². The Bertz CT molecular complexity index is 526. The molecule has 2 amide bonds. The van der Waals surface area contributed by atoms with E-state index in [2.05, 4.69) is 39.8 Å². The second-order valence-corrected chi connectivity index (χ2v) is 7.64. The van der Waals surface area contributed by atoms with E-state index in [9.17, 15) is 4.79 Å². The van der Waals surface area contributed by atoms with E-state index in [1.807, 2.05) is 18.7 Å². The molecule has 0 bridgehead atoms. The van der Waals surface area contributed by atoms with E-state index < -0.39 is 0 Å². The summed E-state index contributed by atoms with van der Waals surface area (Å²) in [4.78, 5) is 14.5. The number of amides is 2. The summed E-state index contributed by atoms with van der Waals surface area (Å²) in [5.74, 6) is 2.28. The number of benzene rings is 1. The Kier molecular flexibility index (Phi) is 6.26. The van der Waals surface area contributed by atoms with E-state index >= 15 is 0 Å². The Morgan fingerprint density at radius 2 is 1.88 bits per heavy atom. The van der Waals surface area contributed by atoms with Gasteiger partial charge in [0.1, 0.15) is 0 Å². The van der Waals surface area contributed by atoms with Gasteiger partial charge in [-0.05, 0) is 49.0 Å². The SMILES string of the molecule is CC(NC(=O)NC1CCSCC1)c1ccc(N2CCOCC2)cc1. The number of carbonyl (C=O) groups excluding carboxylic acids is 1. The van der Waals surface area contributed by atoms with Gasteiger partial charge in [0.2, 0.25) is 0 Å². The summed E-state index contributed by atoms with van der Waals surface area (Å²) in [5, 5.41) is 6.15. The number of ether oxygens (including phenoxy) is 1. The van der Waals surface area contributed by atoms with Crippen LogP contribution in [0.3, 0.4) is 0 Å². The fourth-order valence-electron chi connectivity index (χ4n) is 3.14. The normalized spacial score (nSPS) is 20.5. The van der Waals surface area contributed by atoms with Crippen molar-refractivity contribution in [1.82, 2.24) is 10.6 Å². The summed E-state index contributed by atoms with van der Waals surface area (Å²) in [6, 6.07) is 8.74. The minimum Gasteiger partial charge on any atom is -0.378 e. The number of hydrogen-bond acceptors (Lipinski definition) is 4. The van der Waals surface area contributed by atoms with Gasteiger partial charge in [0.25, 0.3) is 0 Å². The number of urea groups is 1. The maximum Gasteiger partial charge on any atom is 0.315 e. The first kappa shape index (κ1) is 17.4. The third-order valence-electron chi connectivity index (χ3n) is 4.67. The average molecular weight is 350 g/mol. The van der Waals surface area contributed by atoms with E-state index in [1.54, 1.807) is 0 Å². The van der Waals surface area contributed by atoms with Gasteiger partial charge in [0, 0.05) is 24.8 Å². The first-order chi connectivity index (χ1) is 11.7. The maximum absolute atomic E-state index is 12.2. The molecule has 2 N–H and O–H groups in total. The van der Waals surface area contributed by atoms with Crippen LogP contribution < -0.4 is 15.5 Å². The summed E-state index contributed by atoms with van der Waals surface area (Å²) >= 11 is 1.97. The quantitative estimate of drug-likeness (QED) is 0.878. The molecular formula is C18H27N3O2S. The lowest BCUT2D eigenvalue weighted by Crippen LogP contribution is -2.44. The Morgan fingerprint density at radius 1 is 1.21 bits per heavy atom. The monoisotopic (exact) mass is 349 g/mol. The molecule has 0 saturated carbocycles. The van der Waals surface area contributed by atoms with E-state index in [0.717, 1.165) is 56.2 Å². The predicted molar refractivity (Wildman–Crippen MR) is 99.9 cm³/mol. The molecule has 2 aliphatic rings. The number of anilines is 1. The van der Waals surface area contributed by atoms with E-state index in [1.165, 1.54) is 5.69 Å². The molecule has 0 aromatic heterocycles. The van der Waals surface area contributed by atoms with Gasteiger partial charge in [-0.3, -0.25) is 0 Å². The molecule has 6 heteroatoms. The molecule has 2 saturated heterocycles. The second kappa shape index (κ2) is 8.62. The zero-order valence-electron chi connectivity index (χ0n) is 14.3. The largest absolute Gasteiger partial charge is 0.378 e. The summed E-state index contributed by atoms with van der Waals surface area (Å²) in [5.41, 5.74) is 2.35. The molecule has 2 fully saturated rings. The van der Waals surface area contributed by atoms with Gasteiger partial charge < -0.3 is 20.3 Å². The van der Waals surface area contributed by atoms with Crippen molar-refractivity contribution in [3.63, 3.8) is 0 Å². The fraction of sp³-hybridized carbons (Fsp3) is 0.611. The van der Waals surface area contributed by atoms with Crippen molar-refractivity contribution in [3.05, 3.63) is 29.8 Å². The van der Waals surface area contributed by atoms with Crippen molar-refractivity contribution in [2.24, 2.45) is 0 Å². The van der Waals surface area contributed by atoms with Crippen molar-refractivity contribution in [2.75, 3.05) is 42.7 Å². The number of nitrogens with zero attached hydrogens (tertiary/aromatic N) is 1. The maximum atomic E-state index is 12.2. The van der Waals surface area contributed by atoms with E-state index in [0.29, 0.717) is 6.04 Å². The van der Waals surface area contributed by atoms with Crippen LogP contribution in [0.2, 0.25) is 0 Å². The average Bonchev–Trinajstić information content (AvgIpc) is 2.63. The van der Waals surface area contributed by atoms with Crippen LogP contribution in [-0.4, -0.2) is 49.9 Å². The minimum absolute atomic E-state index is 0.00158. The van der Waals surface area contributed by atoms with Gasteiger partial charge in [-0.1, -0.05) is 12.1 Å². The van der Waals surface area contributed by atoms with Crippen molar-refractivity contribution >= 4 is 23.5 Å².